The van der Waals surface area contributed by atoms with Crippen LogP contribution in [0.3, 0.4) is 0 Å². The number of aryl methyl sites for hydroxylation is 1. The van der Waals surface area contributed by atoms with Crippen LogP contribution in [0.1, 0.15) is 29.9 Å². The van der Waals surface area contributed by atoms with Crippen molar-refractivity contribution in [1.29, 1.82) is 0 Å². The minimum absolute atomic E-state index is 0.571. The Morgan fingerprint density at radius 2 is 1.86 bits per heavy atom. The van der Waals surface area contributed by atoms with E-state index in [0.717, 1.165) is 11.5 Å². The molecule has 0 bridgehead atoms. The van der Waals surface area contributed by atoms with Gasteiger partial charge in [-0.1, -0.05) is 24.3 Å². The van der Waals surface area contributed by atoms with E-state index in [2.05, 4.69) is 53.6 Å². The van der Waals surface area contributed by atoms with Crippen LogP contribution in [-0.2, 0) is 0 Å². The number of hydrogen-bond donors (Lipinski definition) is 1. The molecule has 0 spiro atoms. The summed E-state index contributed by atoms with van der Waals surface area (Å²) in [5.74, 6) is 1.70. The van der Waals surface area contributed by atoms with Crippen LogP contribution in [-0.4, -0.2) is 25.1 Å². The largest absolute Gasteiger partial charge is 0.381 e. The van der Waals surface area contributed by atoms with E-state index in [1.807, 2.05) is 25.2 Å². The van der Waals surface area contributed by atoms with Crippen LogP contribution in [0.5, 0.6) is 0 Å². The topological polar surface area (TPSA) is 28.2 Å². The molecule has 1 aliphatic rings. The van der Waals surface area contributed by atoms with E-state index in [9.17, 15) is 0 Å². The molecule has 21 heavy (non-hydrogen) atoms. The Labute approximate surface area is 127 Å². The number of aromatic nitrogens is 1. The number of nitrogens with zero attached hydrogens (tertiary/aromatic N) is 2. The first kappa shape index (κ1) is 13.9. The van der Waals surface area contributed by atoms with Crippen molar-refractivity contribution in [3.05, 3.63) is 53.7 Å². The van der Waals surface area contributed by atoms with E-state index in [1.165, 1.54) is 24.0 Å². The zero-order valence-corrected chi connectivity index (χ0v) is 13.0. The first-order chi connectivity index (χ1) is 10.1. The van der Waals surface area contributed by atoms with Gasteiger partial charge in [-0.3, -0.25) is 0 Å². The van der Waals surface area contributed by atoms with Crippen molar-refractivity contribution >= 4 is 11.5 Å². The third-order valence-electron chi connectivity index (χ3n) is 4.34. The molecule has 3 heteroatoms. The summed E-state index contributed by atoms with van der Waals surface area (Å²) in [6, 6.07) is 13.5. The maximum atomic E-state index is 4.44. The van der Waals surface area contributed by atoms with Gasteiger partial charge in [0.15, 0.2) is 0 Å². The summed E-state index contributed by atoms with van der Waals surface area (Å²) in [5.41, 5.74) is 4.04. The molecule has 1 aromatic carbocycles. The van der Waals surface area contributed by atoms with Crippen molar-refractivity contribution in [3.63, 3.8) is 0 Å². The lowest BCUT2D eigenvalue weighted by molar-refractivity contribution is 0.373. The van der Waals surface area contributed by atoms with Gasteiger partial charge in [-0.15, -0.1) is 0 Å². The summed E-state index contributed by atoms with van der Waals surface area (Å²) < 4.78 is 0. The van der Waals surface area contributed by atoms with Crippen molar-refractivity contribution in [2.45, 2.75) is 31.7 Å². The van der Waals surface area contributed by atoms with Crippen molar-refractivity contribution < 1.29 is 0 Å². The molecule has 1 saturated carbocycles. The highest BCUT2D eigenvalue weighted by molar-refractivity contribution is 5.49. The molecule has 0 radical (unpaired) electrons. The summed E-state index contributed by atoms with van der Waals surface area (Å²) in [4.78, 5) is 6.46. The minimum atomic E-state index is 0.571. The highest BCUT2D eigenvalue weighted by atomic mass is 15.1. The molecule has 2 aromatic rings. The molecule has 1 fully saturated rings. The SMILES string of the molecule is Cc1ccccc1C1CC(Nc2ccc(N(C)C)nc2)C1. The van der Waals surface area contributed by atoms with Crippen molar-refractivity contribution in [2.24, 2.45) is 0 Å². The summed E-state index contributed by atoms with van der Waals surface area (Å²) >= 11 is 0. The number of benzene rings is 1. The number of hydrogen-bond acceptors (Lipinski definition) is 3. The summed E-state index contributed by atoms with van der Waals surface area (Å²) in [7, 11) is 4.02. The fraction of sp³-hybridized carbons (Fsp3) is 0.389. The normalized spacial score (nSPS) is 20.7. The maximum absolute atomic E-state index is 4.44. The van der Waals surface area contributed by atoms with Crippen LogP contribution >= 0.6 is 0 Å². The quantitative estimate of drug-likeness (QED) is 0.923. The van der Waals surface area contributed by atoms with Crippen LogP contribution in [0.15, 0.2) is 42.6 Å². The lowest BCUT2D eigenvalue weighted by Crippen LogP contribution is -2.34. The molecular weight excluding hydrogens is 258 g/mol. The first-order valence-corrected chi connectivity index (χ1v) is 7.59. The van der Waals surface area contributed by atoms with E-state index in [4.69, 9.17) is 0 Å². The van der Waals surface area contributed by atoms with Crippen molar-refractivity contribution in [1.82, 2.24) is 4.98 Å². The number of pyridine rings is 1. The van der Waals surface area contributed by atoms with Crippen molar-refractivity contribution in [2.75, 3.05) is 24.3 Å². The summed E-state index contributed by atoms with van der Waals surface area (Å²) in [6.45, 7) is 2.21. The van der Waals surface area contributed by atoms with Gasteiger partial charge in [0, 0.05) is 20.1 Å². The molecule has 0 amide bonds. The Morgan fingerprint density at radius 3 is 2.48 bits per heavy atom. The maximum Gasteiger partial charge on any atom is 0.128 e. The van der Waals surface area contributed by atoms with Crippen LogP contribution in [0, 0.1) is 6.92 Å². The van der Waals surface area contributed by atoms with Gasteiger partial charge in [0.25, 0.3) is 0 Å². The summed E-state index contributed by atoms with van der Waals surface area (Å²) in [5, 5.41) is 3.58. The molecule has 3 nitrogen and oxygen atoms in total. The van der Waals surface area contributed by atoms with E-state index in [-0.39, 0.29) is 0 Å². The molecule has 110 valence electrons. The standard InChI is InChI=1S/C18H23N3/c1-13-6-4-5-7-17(13)14-10-16(11-14)20-15-8-9-18(19-12-15)21(2)3/h4-9,12,14,16,20H,10-11H2,1-3H3. The molecule has 1 aromatic heterocycles. The molecule has 0 aliphatic heterocycles. The van der Waals surface area contributed by atoms with Crippen LogP contribution in [0.2, 0.25) is 0 Å². The smallest absolute Gasteiger partial charge is 0.128 e. The molecule has 0 unspecified atom stereocenters. The molecule has 1 aliphatic carbocycles. The second kappa shape index (κ2) is 5.76. The molecule has 0 atom stereocenters. The fourth-order valence-electron chi connectivity index (χ4n) is 3.01. The van der Waals surface area contributed by atoms with Gasteiger partial charge in [0.1, 0.15) is 5.82 Å². The second-order valence-electron chi connectivity index (χ2n) is 6.17. The predicted octanol–water partition coefficient (Wildman–Crippen LogP) is 3.81. The van der Waals surface area contributed by atoms with Gasteiger partial charge < -0.3 is 10.2 Å². The van der Waals surface area contributed by atoms with Gasteiger partial charge in [-0.05, 0) is 48.9 Å². The third kappa shape index (κ3) is 3.02. The van der Waals surface area contributed by atoms with Gasteiger partial charge in [0.05, 0.1) is 11.9 Å². The number of nitrogens with one attached hydrogen (secondary N) is 1. The Morgan fingerprint density at radius 1 is 1.10 bits per heavy atom. The molecule has 0 saturated heterocycles. The molecule has 1 heterocycles. The van der Waals surface area contributed by atoms with Crippen molar-refractivity contribution in [3.8, 4) is 0 Å². The zero-order chi connectivity index (χ0) is 14.8. The van der Waals surface area contributed by atoms with Gasteiger partial charge in [0.2, 0.25) is 0 Å². The van der Waals surface area contributed by atoms with Gasteiger partial charge in [-0.2, -0.15) is 0 Å². The predicted molar refractivity (Wildman–Crippen MR) is 89.1 cm³/mol. The summed E-state index contributed by atoms with van der Waals surface area (Å²) in [6.07, 6.45) is 4.34. The van der Waals surface area contributed by atoms with E-state index < -0.39 is 0 Å². The van der Waals surface area contributed by atoms with E-state index in [1.54, 1.807) is 0 Å². The van der Waals surface area contributed by atoms with E-state index >= 15 is 0 Å². The van der Waals surface area contributed by atoms with Gasteiger partial charge >= 0.3 is 0 Å². The average molecular weight is 281 g/mol. The lowest BCUT2D eigenvalue weighted by Gasteiger charge is -2.37. The number of anilines is 2. The molecule has 1 N–H and O–H groups in total. The number of rotatable bonds is 4. The van der Waals surface area contributed by atoms with Crippen LogP contribution in [0.4, 0.5) is 11.5 Å². The van der Waals surface area contributed by atoms with E-state index in [0.29, 0.717) is 12.0 Å². The Balaban J connectivity index is 1.56. The van der Waals surface area contributed by atoms with Crippen LogP contribution < -0.4 is 10.2 Å². The Bertz CT molecular complexity index is 598. The average Bonchev–Trinajstić information content (AvgIpc) is 2.44. The molecule has 3 rings (SSSR count). The molecular formula is C18H23N3. The highest BCUT2D eigenvalue weighted by Crippen LogP contribution is 2.39. The Kier molecular flexibility index (Phi) is 3.82. The fourth-order valence-corrected chi connectivity index (χ4v) is 3.01. The van der Waals surface area contributed by atoms with Crippen LogP contribution in [0.25, 0.3) is 0 Å². The Hall–Kier alpha value is -2.03. The highest BCUT2D eigenvalue weighted by Gasteiger charge is 2.30. The lowest BCUT2D eigenvalue weighted by atomic mass is 9.74. The zero-order valence-electron chi connectivity index (χ0n) is 13.0. The van der Waals surface area contributed by atoms with Gasteiger partial charge in [-0.25, -0.2) is 4.98 Å². The minimum Gasteiger partial charge on any atom is -0.381 e. The first-order valence-electron chi connectivity index (χ1n) is 7.59. The monoisotopic (exact) mass is 281 g/mol. The third-order valence-corrected chi connectivity index (χ3v) is 4.34. The second-order valence-corrected chi connectivity index (χ2v) is 6.17.